The quantitative estimate of drug-likeness (QED) is 0.604. The molecule has 124 valence electrons. The van der Waals surface area contributed by atoms with E-state index in [0.29, 0.717) is 29.1 Å². The third-order valence-corrected chi connectivity index (χ3v) is 4.08. The summed E-state index contributed by atoms with van der Waals surface area (Å²) < 4.78 is 1.79. The highest BCUT2D eigenvalue weighted by molar-refractivity contribution is 5.73. The third kappa shape index (κ3) is 2.89. The maximum atomic E-state index is 12.6. The van der Waals surface area contributed by atoms with Gasteiger partial charge in [-0.05, 0) is 24.6 Å². The topological polar surface area (TPSA) is 83.8 Å². The third-order valence-electron chi connectivity index (χ3n) is 4.08. The molecule has 0 aliphatic rings. The van der Waals surface area contributed by atoms with E-state index in [2.05, 4.69) is 15.0 Å². The zero-order valence-electron chi connectivity index (χ0n) is 13.6. The van der Waals surface area contributed by atoms with Crippen LogP contribution in [-0.2, 0) is 6.54 Å². The highest BCUT2D eigenvalue weighted by Gasteiger charge is 2.12. The lowest BCUT2D eigenvalue weighted by atomic mass is 10.1. The van der Waals surface area contributed by atoms with E-state index in [4.69, 9.17) is 0 Å². The van der Waals surface area contributed by atoms with Gasteiger partial charge in [-0.15, -0.1) is 0 Å². The molecule has 0 spiro atoms. The minimum Gasteiger partial charge on any atom is -0.508 e. The van der Waals surface area contributed by atoms with Gasteiger partial charge in [-0.1, -0.05) is 42.0 Å². The lowest BCUT2D eigenvalue weighted by molar-refractivity contribution is 0.475. The molecular formula is C19H16N4O2. The molecule has 0 atom stereocenters. The fourth-order valence-electron chi connectivity index (χ4n) is 2.79. The maximum absolute atomic E-state index is 12.6. The number of fused-ring (bicyclic) bond motifs is 1. The molecule has 0 radical (unpaired) electrons. The molecule has 0 saturated carbocycles. The summed E-state index contributed by atoms with van der Waals surface area (Å²) in [6.07, 6.45) is 1.62. The number of hydrogen-bond acceptors (Lipinski definition) is 4. The van der Waals surface area contributed by atoms with Crippen LogP contribution in [0.25, 0.3) is 22.6 Å². The zero-order valence-corrected chi connectivity index (χ0v) is 13.6. The van der Waals surface area contributed by atoms with Crippen LogP contribution in [0.5, 0.6) is 5.75 Å². The van der Waals surface area contributed by atoms with Crippen molar-refractivity contribution in [2.75, 3.05) is 0 Å². The van der Waals surface area contributed by atoms with Gasteiger partial charge in [0, 0.05) is 12.1 Å². The fraction of sp³-hybridized carbons (Fsp3) is 0.105. The Labute approximate surface area is 143 Å². The van der Waals surface area contributed by atoms with E-state index in [-0.39, 0.29) is 11.3 Å². The van der Waals surface area contributed by atoms with Gasteiger partial charge < -0.3 is 14.7 Å². The number of benzene rings is 2. The Hall–Kier alpha value is -3.41. The second kappa shape index (κ2) is 5.90. The van der Waals surface area contributed by atoms with E-state index in [1.165, 1.54) is 5.56 Å². The van der Waals surface area contributed by atoms with E-state index in [9.17, 15) is 9.90 Å². The molecule has 0 fully saturated rings. The standard InChI is InChI=1S/C19H16N4O2/c1-12-5-7-13(8-6-12)10-23-11-20-18-16(23)19(25)22-17(21-18)14-3-2-4-15(24)9-14/h2-9,11,24H,10H2,1H3,(H,21,22,25). The summed E-state index contributed by atoms with van der Waals surface area (Å²) in [7, 11) is 0. The first-order valence-corrected chi connectivity index (χ1v) is 7.90. The van der Waals surface area contributed by atoms with Crippen molar-refractivity contribution in [2.24, 2.45) is 0 Å². The predicted octanol–water partition coefficient (Wildman–Crippen LogP) is 2.85. The predicted molar refractivity (Wildman–Crippen MR) is 95.5 cm³/mol. The molecular weight excluding hydrogens is 316 g/mol. The molecule has 0 aliphatic carbocycles. The number of hydrogen-bond donors (Lipinski definition) is 2. The molecule has 0 saturated heterocycles. The minimum absolute atomic E-state index is 0.116. The molecule has 2 aromatic heterocycles. The highest BCUT2D eigenvalue weighted by atomic mass is 16.3. The van der Waals surface area contributed by atoms with Gasteiger partial charge in [0.25, 0.3) is 5.56 Å². The van der Waals surface area contributed by atoms with Crippen LogP contribution >= 0.6 is 0 Å². The summed E-state index contributed by atoms with van der Waals surface area (Å²) in [4.78, 5) is 24.0. The Balaban J connectivity index is 1.77. The Morgan fingerprint density at radius 2 is 1.96 bits per heavy atom. The summed E-state index contributed by atoms with van der Waals surface area (Å²) in [6.45, 7) is 2.58. The van der Waals surface area contributed by atoms with Gasteiger partial charge in [-0.3, -0.25) is 4.79 Å². The van der Waals surface area contributed by atoms with Gasteiger partial charge in [0.05, 0.1) is 6.33 Å². The van der Waals surface area contributed by atoms with Gasteiger partial charge in [0.15, 0.2) is 11.2 Å². The second-order valence-corrected chi connectivity index (χ2v) is 6.00. The van der Waals surface area contributed by atoms with E-state index in [1.807, 2.05) is 31.2 Å². The first-order chi connectivity index (χ1) is 12.1. The molecule has 4 aromatic rings. The summed E-state index contributed by atoms with van der Waals surface area (Å²) in [5, 5.41) is 9.61. The number of rotatable bonds is 3. The number of aromatic nitrogens is 4. The fourth-order valence-corrected chi connectivity index (χ4v) is 2.79. The number of phenolic OH excluding ortho intramolecular Hbond substituents is 1. The van der Waals surface area contributed by atoms with Crippen LogP contribution in [0.2, 0.25) is 0 Å². The van der Waals surface area contributed by atoms with E-state index in [1.54, 1.807) is 35.2 Å². The van der Waals surface area contributed by atoms with Gasteiger partial charge >= 0.3 is 0 Å². The molecule has 0 bridgehead atoms. The molecule has 6 nitrogen and oxygen atoms in total. The number of nitrogens with one attached hydrogen (secondary N) is 1. The number of aromatic hydroxyl groups is 1. The van der Waals surface area contributed by atoms with Crippen LogP contribution in [0.1, 0.15) is 11.1 Å². The van der Waals surface area contributed by atoms with Gasteiger partial charge in [-0.2, -0.15) is 0 Å². The van der Waals surface area contributed by atoms with Crippen LogP contribution in [0, 0.1) is 6.92 Å². The first-order valence-electron chi connectivity index (χ1n) is 7.90. The Kier molecular flexibility index (Phi) is 3.57. The van der Waals surface area contributed by atoms with Crippen LogP contribution in [0.15, 0.2) is 59.7 Å². The lowest BCUT2D eigenvalue weighted by Gasteiger charge is -2.05. The van der Waals surface area contributed by atoms with Crippen molar-refractivity contribution >= 4 is 11.2 Å². The van der Waals surface area contributed by atoms with Crippen LogP contribution < -0.4 is 5.56 Å². The normalized spacial score (nSPS) is 11.1. The minimum atomic E-state index is -0.257. The molecule has 25 heavy (non-hydrogen) atoms. The molecule has 2 heterocycles. The summed E-state index contributed by atoms with van der Waals surface area (Å²) in [6, 6.07) is 14.7. The van der Waals surface area contributed by atoms with Crippen LogP contribution in [0.4, 0.5) is 0 Å². The number of aromatic amines is 1. The highest BCUT2D eigenvalue weighted by Crippen LogP contribution is 2.20. The summed E-state index contributed by atoms with van der Waals surface area (Å²) in [5.41, 5.74) is 3.47. The zero-order chi connectivity index (χ0) is 17.4. The summed E-state index contributed by atoms with van der Waals surface area (Å²) in [5.74, 6) is 0.499. The second-order valence-electron chi connectivity index (χ2n) is 6.00. The Morgan fingerprint density at radius 1 is 1.16 bits per heavy atom. The van der Waals surface area contributed by atoms with Crippen molar-refractivity contribution in [1.82, 2.24) is 19.5 Å². The van der Waals surface area contributed by atoms with Crippen molar-refractivity contribution in [1.29, 1.82) is 0 Å². The van der Waals surface area contributed by atoms with Gasteiger partial charge in [0.1, 0.15) is 11.6 Å². The van der Waals surface area contributed by atoms with Crippen molar-refractivity contribution in [2.45, 2.75) is 13.5 Å². The van der Waals surface area contributed by atoms with Crippen molar-refractivity contribution in [3.05, 3.63) is 76.3 Å². The monoisotopic (exact) mass is 332 g/mol. The molecule has 0 amide bonds. The van der Waals surface area contributed by atoms with Crippen molar-refractivity contribution in [3.63, 3.8) is 0 Å². The average Bonchev–Trinajstić information content (AvgIpc) is 3.00. The molecule has 2 N–H and O–H groups in total. The summed E-state index contributed by atoms with van der Waals surface area (Å²) >= 11 is 0. The van der Waals surface area contributed by atoms with Gasteiger partial charge in [-0.25, -0.2) is 9.97 Å². The van der Waals surface area contributed by atoms with E-state index in [0.717, 1.165) is 5.56 Å². The SMILES string of the molecule is Cc1ccc(Cn2cnc3nc(-c4cccc(O)c4)[nH]c(=O)c32)cc1. The average molecular weight is 332 g/mol. The van der Waals surface area contributed by atoms with Gasteiger partial charge in [0.2, 0.25) is 0 Å². The van der Waals surface area contributed by atoms with Crippen molar-refractivity contribution < 1.29 is 5.11 Å². The number of nitrogens with zero attached hydrogens (tertiary/aromatic N) is 3. The molecule has 0 unspecified atom stereocenters. The maximum Gasteiger partial charge on any atom is 0.277 e. The number of aryl methyl sites for hydroxylation is 1. The lowest BCUT2D eigenvalue weighted by Crippen LogP contribution is -2.13. The molecule has 4 rings (SSSR count). The molecule has 0 aliphatic heterocycles. The number of phenols is 1. The van der Waals surface area contributed by atoms with E-state index < -0.39 is 0 Å². The van der Waals surface area contributed by atoms with Crippen molar-refractivity contribution in [3.8, 4) is 17.1 Å². The van der Waals surface area contributed by atoms with E-state index >= 15 is 0 Å². The number of H-pyrrole nitrogens is 1. The largest absolute Gasteiger partial charge is 0.508 e. The molecule has 2 aromatic carbocycles. The van der Waals surface area contributed by atoms with Crippen LogP contribution in [-0.4, -0.2) is 24.6 Å². The smallest absolute Gasteiger partial charge is 0.277 e. The Morgan fingerprint density at radius 3 is 2.72 bits per heavy atom. The van der Waals surface area contributed by atoms with Crippen LogP contribution in [0.3, 0.4) is 0 Å². The Bertz CT molecular complexity index is 1110. The first kappa shape index (κ1) is 15.1. The molecule has 6 heteroatoms. The number of imidazole rings is 1.